The number of aromatic nitrogens is 1. The molecule has 0 spiro atoms. The van der Waals surface area contributed by atoms with Crippen LogP contribution in [0.5, 0.6) is 0 Å². The Bertz CT molecular complexity index is 715. The van der Waals surface area contributed by atoms with Crippen molar-refractivity contribution in [3.63, 3.8) is 0 Å². The molecule has 0 atom stereocenters. The SMILES string of the molecule is Cc1cc(NC(=O)CN2C(=O)c3ccccc3C2=O)on1. The minimum Gasteiger partial charge on any atom is -0.338 e. The van der Waals surface area contributed by atoms with Gasteiger partial charge in [0.25, 0.3) is 11.8 Å². The number of benzene rings is 1. The summed E-state index contributed by atoms with van der Waals surface area (Å²) in [7, 11) is 0. The fourth-order valence-corrected chi connectivity index (χ4v) is 2.13. The number of rotatable bonds is 3. The fraction of sp³-hybridized carbons (Fsp3) is 0.143. The molecule has 0 saturated heterocycles. The van der Waals surface area contributed by atoms with Gasteiger partial charge in [-0.3, -0.25) is 24.6 Å². The molecule has 0 saturated carbocycles. The first-order valence-electron chi connectivity index (χ1n) is 6.24. The third-order valence-electron chi connectivity index (χ3n) is 3.07. The molecule has 0 radical (unpaired) electrons. The molecule has 1 aliphatic heterocycles. The highest BCUT2D eigenvalue weighted by molar-refractivity contribution is 6.22. The molecule has 0 aliphatic carbocycles. The lowest BCUT2D eigenvalue weighted by molar-refractivity contribution is -0.116. The Morgan fingerprint density at radius 3 is 2.38 bits per heavy atom. The molecule has 3 amide bonds. The Morgan fingerprint density at radius 1 is 1.24 bits per heavy atom. The van der Waals surface area contributed by atoms with Crippen molar-refractivity contribution in [3.05, 3.63) is 47.2 Å². The molecule has 106 valence electrons. The Kier molecular flexibility index (Phi) is 3.02. The number of aryl methyl sites for hydroxylation is 1. The Hall–Kier alpha value is -2.96. The Labute approximate surface area is 119 Å². The van der Waals surface area contributed by atoms with Gasteiger partial charge in [-0.05, 0) is 19.1 Å². The number of anilines is 1. The van der Waals surface area contributed by atoms with E-state index in [9.17, 15) is 14.4 Å². The van der Waals surface area contributed by atoms with Crippen molar-refractivity contribution < 1.29 is 18.9 Å². The number of hydrogen-bond acceptors (Lipinski definition) is 5. The van der Waals surface area contributed by atoms with E-state index in [1.807, 2.05) is 0 Å². The molecule has 2 heterocycles. The predicted molar refractivity (Wildman–Crippen MR) is 71.7 cm³/mol. The minimum atomic E-state index is -0.527. The summed E-state index contributed by atoms with van der Waals surface area (Å²) in [5.41, 5.74) is 1.24. The number of imide groups is 1. The highest BCUT2D eigenvalue weighted by Crippen LogP contribution is 2.22. The third kappa shape index (κ3) is 2.29. The maximum atomic E-state index is 12.1. The molecule has 1 aromatic carbocycles. The lowest BCUT2D eigenvalue weighted by Gasteiger charge is -2.12. The van der Waals surface area contributed by atoms with Crippen LogP contribution in [0.15, 0.2) is 34.9 Å². The van der Waals surface area contributed by atoms with E-state index in [1.165, 1.54) is 0 Å². The number of carbonyl (C=O) groups excluding carboxylic acids is 3. The zero-order chi connectivity index (χ0) is 15.0. The highest BCUT2D eigenvalue weighted by atomic mass is 16.5. The van der Waals surface area contributed by atoms with Crippen LogP contribution in [0.2, 0.25) is 0 Å². The van der Waals surface area contributed by atoms with Crippen molar-refractivity contribution in [2.75, 3.05) is 11.9 Å². The van der Waals surface area contributed by atoms with Crippen LogP contribution in [-0.2, 0) is 4.79 Å². The Morgan fingerprint density at radius 2 is 1.86 bits per heavy atom. The summed E-state index contributed by atoms with van der Waals surface area (Å²) in [5.74, 6) is -1.30. The van der Waals surface area contributed by atoms with Crippen molar-refractivity contribution >= 4 is 23.6 Å². The molecule has 7 nitrogen and oxygen atoms in total. The minimum absolute atomic E-state index is 0.175. The van der Waals surface area contributed by atoms with Gasteiger partial charge in [0, 0.05) is 6.07 Å². The van der Waals surface area contributed by atoms with Gasteiger partial charge in [-0.15, -0.1) is 0 Å². The van der Waals surface area contributed by atoms with Crippen LogP contribution in [0.1, 0.15) is 26.4 Å². The normalized spacial score (nSPS) is 13.5. The van der Waals surface area contributed by atoms with E-state index in [-0.39, 0.29) is 12.4 Å². The lowest BCUT2D eigenvalue weighted by Crippen LogP contribution is -2.37. The van der Waals surface area contributed by atoms with Crippen molar-refractivity contribution in [1.82, 2.24) is 10.1 Å². The van der Waals surface area contributed by atoms with E-state index in [1.54, 1.807) is 37.3 Å². The Balaban J connectivity index is 1.73. The summed E-state index contributed by atoms with van der Waals surface area (Å²) in [5, 5.41) is 6.07. The van der Waals surface area contributed by atoms with Gasteiger partial charge in [0.15, 0.2) is 0 Å². The average molecular weight is 285 g/mol. The maximum Gasteiger partial charge on any atom is 0.262 e. The first kappa shape index (κ1) is 13.0. The van der Waals surface area contributed by atoms with Gasteiger partial charge in [0.1, 0.15) is 6.54 Å². The molecular formula is C14H11N3O4. The van der Waals surface area contributed by atoms with Crippen LogP contribution >= 0.6 is 0 Å². The smallest absolute Gasteiger partial charge is 0.262 e. The van der Waals surface area contributed by atoms with Crippen LogP contribution in [0, 0.1) is 6.92 Å². The van der Waals surface area contributed by atoms with Crippen LogP contribution in [-0.4, -0.2) is 34.3 Å². The van der Waals surface area contributed by atoms with Crippen molar-refractivity contribution in [2.45, 2.75) is 6.92 Å². The molecule has 0 unspecified atom stereocenters. The van der Waals surface area contributed by atoms with Crippen LogP contribution in [0.3, 0.4) is 0 Å². The van der Waals surface area contributed by atoms with Gasteiger partial charge in [-0.2, -0.15) is 0 Å². The van der Waals surface area contributed by atoms with E-state index < -0.39 is 17.7 Å². The zero-order valence-corrected chi connectivity index (χ0v) is 11.1. The number of fused-ring (bicyclic) bond motifs is 1. The fourth-order valence-electron chi connectivity index (χ4n) is 2.13. The van der Waals surface area contributed by atoms with E-state index in [0.717, 1.165) is 4.90 Å². The molecule has 7 heteroatoms. The van der Waals surface area contributed by atoms with Gasteiger partial charge in [0.2, 0.25) is 11.8 Å². The first-order chi connectivity index (χ1) is 10.1. The summed E-state index contributed by atoms with van der Waals surface area (Å²) in [6.45, 7) is 1.34. The summed E-state index contributed by atoms with van der Waals surface area (Å²) in [6.07, 6.45) is 0. The summed E-state index contributed by atoms with van der Waals surface area (Å²) >= 11 is 0. The zero-order valence-electron chi connectivity index (χ0n) is 11.1. The second kappa shape index (κ2) is 4.86. The summed E-state index contributed by atoms with van der Waals surface area (Å²) in [6, 6.07) is 8.01. The molecular weight excluding hydrogens is 274 g/mol. The molecule has 0 bridgehead atoms. The number of amides is 3. The van der Waals surface area contributed by atoms with Gasteiger partial charge < -0.3 is 4.52 Å². The van der Waals surface area contributed by atoms with Crippen LogP contribution in [0.4, 0.5) is 5.88 Å². The molecule has 21 heavy (non-hydrogen) atoms. The second-order valence-corrected chi connectivity index (χ2v) is 4.62. The summed E-state index contributed by atoms with van der Waals surface area (Å²) in [4.78, 5) is 37.0. The first-order valence-corrected chi connectivity index (χ1v) is 6.24. The van der Waals surface area contributed by atoms with Crippen molar-refractivity contribution in [3.8, 4) is 0 Å². The topological polar surface area (TPSA) is 92.5 Å². The van der Waals surface area contributed by atoms with Crippen LogP contribution in [0.25, 0.3) is 0 Å². The highest BCUT2D eigenvalue weighted by Gasteiger charge is 2.36. The number of nitrogens with one attached hydrogen (secondary N) is 1. The van der Waals surface area contributed by atoms with Gasteiger partial charge in [0.05, 0.1) is 16.8 Å². The molecule has 3 rings (SSSR count). The third-order valence-corrected chi connectivity index (χ3v) is 3.07. The summed E-state index contributed by atoms with van der Waals surface area (Å²) < 4.78 is 4.84. The molecule has 1 aliphatic rings. The van der Waals surface area contributed by atoms with Crippen molar-refractivity contribution in [2.24, 2.45) is 0 Å². The van der Waals surface area contributed by atoms with Gasteiger partial charge in [-0.25, -0.2) is 0 Å². The number of nitrogens with zero attached hydrogens (tertiary/aromatic N) is 2. The standard InChI is InChI=1S/C14H11N3O4/c1-8-6-12(21-16-8)15-11(18)7-17-13(19)9-4-2-3-5-10(9)14(17)20/h2-6H,7H2,1H3,(H,15,18). The maximum absolute atomic E-state index is 12.1. The lowest BCUT2D eigenvalue weighted by atomic mass is 10.1. The van der Waals surface area contributed by atoms with E-state index >= 15 is 0 Å². The quantitative estimate of drug-likeness (QED) is 0.856. The number of carbonyl (C=O) groups is 3. The van der Waals surface area contributed by atoms with Crippen molar-refractivity contribution in [1.29, 1.82) is 0 Å². The van der Waals surface area contributed by atoms with Crippen LogP contribution < -0.4 is 5.32 Å². The molecule has 1 N–H and O–H groups in total. The van der Waals surface area contributed by atoms with Gasteiger partial charge in [-0.1, -0.05) is 17.3 Å². The molecule has 2 aromatic rings. The monoisotopic (exact) mass is 285 g/mol. The average Bonchev–Trinajstić information content (AvgIpc) is 2.97. The van der Waals surface area contributed by atoms with Gasteiger partial charge >= 0.3 is 0 Å². The predicted octanol–water partition coefficient (Wildman–Crippen LogP) is 1.22. The van der Waals surface area contributed by atoms with E-state index in [2.05, 4.69) is 10.5 Å². The second-order valence-electron chi connectivity index (χ2n) is 4.62. The molecule has 0 fully saturated rings. The van der Waals surface area contributed by atoms with E-state index in [0.29, 0.717) is 16.8 Å². The largest absolute Gasteiger partial charge is 0.338 e. The molecule has 1 aromatic heterocycles. The van der Waals surface area contributed by atoms with E-state index in [4.69, 9.17) is 4.52 Å². The number of hydrogen-bond donors (Lipinski definition) is 1.